The Labute approximate surface area is 184 Å². The predicted octanol–water partition coefficient (Wildman–Crippen LogP) is 5.22. The topological polar surface area (TPSA) is 61.4 Å². The van der Waals surface area contributed by atoms with Gasteiger partial charge in [0, 0.05) is 35.7 Å². The summed E-state index contributed by atoms with van der Waals surface area (Å²) in [5.41, 5.74) is 5.52. The van der Waals surface area contributed by atoms with Crippen molar-refractivity contribution in [3.05, 3.63) is 87.9 Å². The summed E-state index contributed by atoms with van der Waals surface area (Å²) < 4.78 is 0.813. The van der Waals surface area contributed by atoms with Crippen LogP contribution < -0.4 is 15.5 Å². The maximum Gasteiger partial charge on any atom is 0.255 e. The minimum absolute atomic E-state index is 0.194. The van der Waals surface area contributed by atoms with E-state index in [-0.39, 0.29) is 11.8 Å². The summed E-state index contributed by atoms with van der Waals surface area (Å²) in [5.74, 6) is -0.421. The number of amides is 2. The zero-order valence-corrected chi connectivity index (χ0v) is 18.2. The summed E-state index contributed by atoms with van der Waals surface area (Å²) in [7, 11) is 0. The number of rotatable bonds is 4. The van der Waals surface area contributed by atoms with Crippen molar-refractivity contribution in [1.29, 1.82) is 0 Å². The van der Waals surface area contributed by atoms with Gasteiger partial charge in [-0.1, -0.05) is 40.2 Å². The van der Waals surface area contributed by atoms with E-state index in [4.69, 9.17) is 0 Å². The second-order valence-electron chi connectivity index (χ2n) is 7.31. The molecular weight excluding hydrogens is 442 g/mol. The molecule has 3 aromatic carbocycles. The van der Waals surface area contributed by atoms with Crippen LogP contribution in [0.1, 0.15) is 28.4 Å². The van der Waals surface area contributed by atoms with Crippen LogP contribution in [-0.2, 0) is 17.8 Å². The predicted molar refractivity (Wildman–Crippen MR) is 124 cm³/mol. The summed E-state index contributed by atoms with van der Waals surface area (Å²) in [5, 5.41) is 5.62. The fourth-order valence-corrected chi connectivity index (χ4v) is 4.01. The van der Waals surface area contributed by atoms with Crippen molar-refractivity contribution < 1.29 is 9.59 Å². The van der Waals surface area contributed by atoms with Gasteiger partial charge < -0.3 is 15.5 Å². The van der Waals surface area contributed by atoms with Crippen LogP contribution in [0, 0.1) is 0 Å². The van der Waals surface area contributed by atoms with Crippen LogP contribution in [0.3, 0.4) is 0 Å². The number of nitrogens with one attached hydrogen (secondary N) is 2. The summed E-state index contributed by atoms with van der Waals surface area (Å²) in [6.45, 7) is 3.27. The van der Waals surface area contributed by atoms with Crippen LogP contribution in [0.15, 0.2) is 71.2 Å². The molecule has 5 nitrogen and oxygen atoms in total. The molecule has 0 aromatic heterocycles. The normalized spacial score (nSPS) is 12.8. The summed E-state index contributed by atoms with van der Waals surface area (Å²) in [4.78, 5) is 26.5. The van der Waals surface area contributed by atoms with Crippen molar-refractivity contribution >= 4 is 44.8 Å². The fourth-order valence-electron chi connectivity index (χ4n) is 3.65. The molecule has 4 rings (SSSR count). The van der Waals surface area contributed by atoms with Crippen LogP contribution in [0.4, 0.5) is 17.1 Å². The summed E-state index contributed by atoms with van der Waals surface area (Å²) >= 11 is 3.40. The molecule has 3 aromatic rings. The number of benzene rings is 3. The molecule has 1 aliphatic rings. The van der Waals surface area contributed by atoms with Crippen LogP contribution >= 0.6 is 15.9 Å². The molecule has 6 heteroatoms. The minimum Gasteiger partial charge on any atom is -0.367 e. The number of carbonyl (C=O) groups excluding carboxylic acids is 2. The monoisotopic (exact) mass is 463 g/mol. The first-order valence-electron chi connectivity index (χ1n) is 9.80. The third kappa shape index (κ3) is 4.54. The maximum absolute atomic E-state index is 12.8. The molecule has 0 saturated heterocycles. The molecule has 0 bridgehead atoms. The first kappa shape index (κ1) is 20.2. The van der Waals surface area contributed by atoms with Crippen LogP contribution in [0.25, 0.3) is 0 Å². The van der Waals surface area contributed by atoms with Gasteiger partial charge >= 0.3 is 0 Å². The van der Waals surface area contributed by atoms with Gasteiger partial charge in [0.05, 0.1) is 11.4 Å². The Morgan fingerprint density at radius 3 is 2.37 bits per heavy atom. The average Bonchev–Trinajstić information content (AvgIpc) is 2.75. The van der Waals surface area contributed by atoms with E-state index in [0.29, 0.717) is 16.9 Å². The molecule has 0 radical (unpaired) electrons. The fraction of sp³-hybridized carbons (Fsp3) is 0.167. The maximum atomic E-state index is 12.8. The molecule has 30 heavy (non-hydrogen) atoms. The van der Waals surface area contributed by atoms with Crippen molar-refractivity contribution in [3.8, 4) is 0 Å². The van der Waals surface area contributed by atoms with Gasteiger partial charge in [-0.3, -0.25) is 9.59 Å². The molecule has 1 aliphatic heterocycles. The van der Waals surface area contributed by atoms with E-state index in [2.05, 4.69) is 55.7 Å². The molecule has 2 amide bonds. The number of carbonyl (C=O) groups is 2. The van der Waals surface area contributed by atoms with Crippen LogP contribution in [-0.4, -0.2) is 18.4 Å². The van der Waals surface area contributed by atoms with Crippen molar-refractivity contribution in [2.75, 3.05) is 22.1 Å². The van der Waals surface area contributed by atoms with E-state index in [0.717, 1.165) is 29.7 Å². The first-order valence-corrected chi connectivity index (χ1v) is 10.6. The number of halogens is 1. The molecule has 0 aliphatic carbocycles. The largest absolute Gasteiger partial charge is 0.367 e. The molecule has 0 spiro atoms. The highest BCUT2D eigenvalue weighted by Gasteiger charge is 2.17. The van der Waals surface area contributed by atoms with Gasteiger partial charge in [-0.2, -0.15) is 0 Å². The number of hydrogen-bond donors (Lipinski definition) is 2. The van der Waals surface area contributed by atoms with E-state index < -0.39 is 0 Å². The van der Waals surface area contributed by atoms with Gasteiger partial charge in [0.15, 0.2) is 0 Å². The molecule has 1 heterocycles. The Kier molecular flexibility index (Phi) is 5.86. The van der Waals surface area contributed by atoms with Crippen molar-refractivity contribution in [2.45, 2.75) is 19.9 Å². The van der Waals surface area contributed by atoms with Gasteiger partial charge in [-0.05, 0) is 60.0 Å². The Hall–Kier alpha value is -3.12. The SMILES string of the molecule is CC(=O)Nc1ccc(Br)cc1NC(=O)c1ccc(N2CCc3ccccc3C2)cc1. The van der Waals surface area contributed by atoms with Crippen molar-refractivity contribution in [3.63, 3.8) is 0 Å². The number of anilines is 3. The Morgan fingerprint density at radius 2 is 1.63 bits per heavy atom. The quantitative estimate of drug-likeness (QED) is 0.557. The Bertz CT molecular complexity index is 1100. The first-order chi connectivity index (χ1) is 14.5. The highest BCUT2D eigenvalue weighted by atomic mass is 79.9. The van der Waals surface area contributed by atoms with Gasteiger partial charge in [0.25, 0.3) is 5.91 Å². The molecule has 0 atom stereocenters. The smallest absolute Gasteiger partial charge is 0.255 e. The Morgan fingerprint density at radius 1 is 0.900 bits per heavy atom. The van der Waals surface area contributed by atoms with Gasteiger partial charge in [-0.15, -0.1) is 0 Å². The van der Waals surface area contributed by atoms with E-state index in [1.165, 1.54) is 18.1 Å². The standard InChI is InChI=1S/C24H22BrN3O2/c1-16(29)26-22-11-8-20(25)14-23(22)27-24(30)18-6-9-21(10-7-18)28-13-12-17-4-2-3-5-19(17)15-28/h2-11,14H,12-13,15H2,1H3,(H,26,29)(H,27,30). The van der Waals surface area contributed by atoms with Gasteiger partial charge in [0.2, 0.25) is 5.91 Å². The molecule has 0 unspecified atom stereocenters. The number of fused-ring (bicyclic) bond motifs is 1. The summed E-state index contributed by atoms with van der Waals surface area (Å²) in [6.07, 6.45) is 1.02. The highest BCUT2D eigenvalue weighted by Crippen LogP contribution is 2.28. The van der Waals surface area contributed by atoms with Crippen LogP contribution in [0.5, 0.6) is 0 Å². The highest BCUT2D eigenvalue weighted by molar-refractivity contribution is 9.10. The minimum atomic E-state index is -0.227. The zero-order valence-electron chi connectivity index (χ0n) is 16.6. The van der Waals surface area contributed by atoms with E-state index in [1.807, 2.05) is 30.3 Å². The average molecular weight is 464 g/mol. The van der Waals surface area contributed by atoms with Crippen LogP contribution in [0.2, 0.25) is 0 Å². The third-order valence-electron chi connectivity index (χ3n) is 5.17. The molecule has 2 N–H and O–H groups in total. The molecule has 0 fully saturated rings. The summed E-state index contributed by atoms with van der Waals surface area (Å²) in [6, 6.07) is 21.5. The van der Waals surface area contributed by atoms with Crippen molar-refractivity contribution in [2.24, 2.45) is 0 Å². The van der Waals surface area contributed by atoms with E-state index >= 15 is 0 Å². The van der Waals surface area contributed by atoms with E-state index in [9.17, 15) is 9.59 Å². The zero-order chi connectivity index (χ0) is 21.1. The second kappa shape index (κ2) is 8.71. The number of hydrogen-bond acceptors (Lipinski definition) is 3. The lowest BCUT2D eigenvalue weighted by atomic mass is 9.99. The second-order valence-corrected chi connectivity index (χ2v) is 8.23. The number of nitrogens with zero attached hydrogens (tertiary/aromatic N) is 1. The molecule has 0 saturated carbocycles. The Balaban J connectivity index is 1.48. The van der Waals surface area contributed by atoms with Crippen molar-refractivity contribution in [1.82, 2.24) is 0 Å². The third-order valence-corrected chi connectivity index (χ3v) is 5.66. The lowest BCUT2D eigenvalue weighted by Crippen LogP contribution is -2.30. The van der Waals surface area contributed by atoms with E-state index in [1.54, 1.807) is 12.1 Å². The molecule has 152 valence electrons. The lowest BCUT2D eigenvalue weighted by molar-refractivity contribution is -0.114. The molecular formula is C24H22BrN3O2. The van der Waals surface area contributed by atoms with Gasteiger partial charge in [0.1, 0.15) is 0 Å². The van der Waals surface area contributed by atoms with Gasteiger partial charge in [-0.25, -0.2) is 0 Å². The lowest BCUT2D eigenvalue weighted by Gasteiger charge is -2.30.